The molecule has 2 rings (SSSR count). The molecule has 2 aliphatic carbocycles. The summed E-state index contributed by atoms with van der Waals surface area (Å²) in [5, 5.41) is 18.7. The molecule has 17 heavy (non-hydrogen) atoms. The Morgan fingerprint density at radius 1 is 1.29 bits per heavy atom. The molecule has 2 N–H and O–H groups in total. The molecule has 0 heterocycles. The lowest BCUT2D eigenvalue weighted by atomic mass is 9.62. The topological polar surface area (TPSA) is 74.6 Å². The molecule has 0 bridgehead atoms. The van der Waals surface area contributed by atoms with Gasteiger partial charge in [0.05, 0.1) is 5.41 Å². The van der Waals surface area contributed by atoms with Gasteiger partial charge in [0, 0.05) is 11.5 Å². The van der Waals surface area contributed by atoms with Crippen molar-refractivity contribution in [2.24, 2.45) is 17.3 Å². The summed E-state index contributed by atoms with van der Waals surface area (Å²) >= 11 is 0. The Hall–Kier alpha value is -1.58. The van der Waals surface area contributed by atoms with E-state index in [1.807, 2.05) is 0 Å². The van der Waals surface area contributed by atoms with Gasteiger partial charge in [0.2, 0.25) is 0 Å². The fraction of sp³-hybridized carbons (Fsp3) is 0.538. The Bertz CT molecular complexity index is 442. The first-order valence-electron chi connectivity index (χ1n) is 5.78. The van der Waals surface area contributed by atoms with Crippen molar-refractivity contribution in [3.8, 4) is 0 Å². The average molecular weight is 236 g/mol. The lowest BCUT2D eigenvalue weighted by Gasteiger charge is -2.39. The van der Waals surface area contributed by atoms with Crippen LogP contribution in [-0.4, -0.2) is 22.2 Å². The van der Waals surface area contributed by atoms with Crippen LogP contribution >= 0.6 is 0 Å². The second-order valence-corrected chi connectivity index (χ2v) is 4.95. The lowest BCUT2D eigenvalue weighted by molar-refractivity contribution is -0.150. The van der Waals surface area contributed by atoms with E-state index in [2.05, 4.69) is 0 Å². The average Bonchev–Trinajstić information content (AvgIpc) is 3.01. The maximum atomic E-state index is 11.7. The SMILES string of the molecule is CC1=CC=C(C(=O)O)C(C)C1(C(=O)O)C1CC1. The number of rotatable bonds is 3. The van der Waals surface area contributed by atoms with Crippen LogP contribution in [0.1, 0.15) is 26.7 Å². The van der Waals surface area contributed by atoms with Crippen LogP contribution in [0, 0.1) is 17.3 Å². The Morgan fingerprint density at radius 2 is 1.88 bits per heavy atom. The van der Waals surface area contributed by atoms with Gasteiger partial charge in [-0.2, -0.15) is 0 Å². The van der Waals surface area contributed by atoms with Crippen molar-refractivity contribution in [3.05, 3.63) is 23.3 Å². The van der Waals surface area contributed by atoms with Gasteiger partial charge in [-0.25, -0.2) is 4.79 Å². The molecule has 0 aromatic heterocycles. The smallest absolute Gasteiger partial charge is 0.331 e. The molecule has 0 amide bonds. The molecule has 1 saturated carbocycles. The number of aliphatic carboxylic acids is 2. The van der Waals surface area contributed by atoms with E-state index in [1.165, 1.54) is 6.08 Å². The van der Waals surface area contributed by atoms with E-state index < -0.39 is 23.3 Å². The van der Waals surface area contributed by atoms with Crippen LogP contribution in [0.15, 0.2) is 23.3 Å². The molecule has 0 aromatic rings. The summed E-state index contributed by atoms with van der Waals surface area (Å²) in [5.74, 6) is -2.31. The number of carbonyl (C=O) groups is 2. The van der Waals surface area contributed by atoms with Gasteiger partial charge in [-0.05, 0) is 25.7 Å². The van der Waals surface area contributed by atoms with Gasteiger partial charge >= 0.3 is 11.9 Å². The van der Waals surface area contributed by atoms with Gasteiger partial charge in [-0.1, -0.05) is 24.6 Å². The van der Waals surface area contributed by atoms with Gasteiger partial charge < -0.3 is 10.2 Å². The maximum Gasteiger partial charge on any atom is 0.331 e. The zero-order valence-electron chi connectivity index (χ0n) is 9.93. The molecule has 0 aromatic carbocycles. The van der Waals surface area contributed by atoms with Crippen molar-refractivity contribution < 1.29 is 19.8 Å². The molecular weight excluding hydrogens is 220 g/mol. The summed E-state index contributed by atoms with van der Waals surface area (Å²) in [4.78, 5) is 22.8. The summed E-state index contributed by atoms with van der Waals surface area (Å²) < 4.78 is 0. The molecular formula is C13H16O4. The van der Waals surface area contributed by atoms with Gasteiger partial charge in [-0.15, -0.1) is 0 Å². The Kier molecular flexibility index (Phi) is 2.60. The number of carboxylic acids is 2. The van der Waals surface area contributed by atoms with Crippen molar-refractivity contribution in [3.63, 3.8) is 0 Å². The van der Waals surface area contributed by atoms with Crippen LogP contribution in [0.5, 0.6) is 0 Å². The van der Waals surface area contributed by atoms with Crippen molar-refractivity contribution in [1.82, 2.24) is 0 Å². The van der Waals surface area contributed by atoms with Crippen LogP contribution in [-0.2, 0) is 9.59 Å². The minimum atomic E-state index is -1.02. The third-order valence-electron chi connectivity index (χ3n) is 4.14. The maximum absolute atomic E-state index is 11.7. The standard InChI is InChI=1S/C13H16O4/c1-7-3-6-10(11(14)15)8(2)13(7,12(16)17)9-4-5-9/h3,6,8-9H,4-5H2,1-2H3,(H,14,15)(H,16,17). The van der Waals surface area contributed by atoms with Gasteiger partial charge in [-0.3, -0.25) is 4.79 Å². The first-order valence-corrected chi connectivity index (χ1v) is 5.78. The molecule has 4 nitrogen and oxygen atoms in total. The van der Waals surface area contributed by atoms with Gasteiger partial charge in [0.1, 0.15) is 0 Å². The van der Waals surface area contributed by atoms with Crippen molar-refractivity contribution >= 4 is 11.9 Å². The van der Waals surface area contributed by atoms with Crippen LogP contribution in [0.3, 0.4) is 0 Å². The fourth-order valence-electron chi connectivity index (χ4n) is 3.08. The van der Waals surface area contributed by atoms with Crippen molar-refractivity contribution in [1.29, 1.82) is 0 Å². The number of hydrogen-bond acceptors (Lipinski definition) is 2. The lowest BCUT2D eigenvalue weighted by Crippen LogP contribution is -2.44. The summed E-state index contributed by atoms with van der Waals surface area (Å²) in [6, 6.07) is 0. The number of allylic oxidation sites excluding steroid dienone is 2. The highest BCUT2D eigenvalue weighted by Gasteiger charge is 2.57. The largest absolute Gasteiger partial charge is 0.481 e. The van der Waals surface area contributed by atoms with E-state index in [4.69, 9.17) is 5.11 Å². The molecule has 0 aliphatic heterocycles. The third kappa shape index (κ3) is 1.51. The molecule has 0 radical (unpaired) electrons. The van der Waals surface area contributed by atoms with Crippen LogP contribution in [0.2, 0.25) is 0 Å². The summed E-state index contributed by atoms with van der Waals surface area (Å²) in [6.07, 6.45) is 4.92. The quantitative estimate of drug-likeness (QED) is 0.786. The second kappa shape index (κ2) is 3.72. The van der Waals surface area contributed by atoms with Gasteiger partial charge in [0.15, 0.2) is 0 Å². The third-order valence-corrected chi connectivity index (χ3v) is 4.14. The zero-order chi connectivity index (χ0) is 12.8. The highest BCUT2D eigenvalue weighted by molar-refractivity contribution is 5.92. The summed E-state index contributed by atoms with van der Waals surface area (Å²) in [5.41, 5.74) is -0.0439. The van der Waals surface area contributed by atoms with E-state index in [0.717, 1.165) is 18.4 Å². The first kappa shape index (κ1) is 11.9. The van der Waals surface area contributed by atoms with E-state index in [1.54, 1.807) is 19.9 Å². The molecule has 92 valence electrons. The van der Waals surface area contributed by atoms with E-state index in [9.17, 15) is 14.7 Å². The highest BCUT2D eigenvalue weighted by atomic mass is 16.4. The van der Waals surface area contributed by atoms with Crippen LogP contribution < -0.4 is 0 Å². The highest BCUT2D eigenvalue weighted by Crippen LogP contribution is 2.57. The summed E-state index contributed by atoms with van der Waals surface area (Å²) in [6.45, 7) is 3.50. The molecule has 4 heteroatoms. The van der Waals surface area contributed by atoms with Gasteiger partial charge in [0.25, 0.3) is 0 Å². The number of carboxylic acid groups (broad SMARTS) is 2. The molecule has 0 saturated heterocycles. The Labute approximate surface area is 99.6 Å². The van der Waals surface area contributed by atoms with E-state index in [-0.39, 0.29) is 11.5 Å². The van der Waals surface area contributed by atoms with Crippen LogP contribution in [0.25, 0.3) is 0 Å². The van der Waals surface area contributed by atoms with Crippen molar-refractivity contribution in [2.45, 2.75) is 26.7 Å². The molecule has 1 fully saturated rings. The number of hydrogen-bond donors (Lipinski definition) is 2. The molecule has 2 unspecified atom stereocenters. The molecule has 2 atom stereocenters. The second-order valence-electron chi connectivity index (χ2n) is 4.95. The first-order chi connectivity index (χ1) is 7.92. The fourth-order valence-corrected chi connectivity index (χ4v) is 3.08. The van der Waals surface area contributed by atoms with Crippen LogP contribution in [0.4, 0.5) is 0 Å². The Morgan fingerprint density at radius 3 is 2.29 bits per heavy atom. The predicted octanol–water partition coefficient (Wildman–Crippen LogP) is 2.07. The minimum Gasteiger partial charge on any atom is -0.481 e. The van der Waals surface area contributed by atoms with E-state index in [0.29, 0.717) is 0 Å². The Balaban J connectivity index is 2.53. The molecule has 0 spiro atoms. The molecule has 2 aliphatic rings. The predicted molar refractivity (Wildman–Crippen MR) is 61.4 cm³/mol. The van der Waals surface area contributed by atoms with E-state index >= 15 is 0 Å². The minimum absolute atomic E-state index is 0.0781. The zero-order valence-corrected chi connectivity index (χ0v) is 9.93. The normalized spacial score (nSPS) is 32.7. The summed E-state index contributed by atoms with van der Waals surface area (Å²) in [7, 11) is 0. The monoisotopic (exact) mass is 236 g/mol. The van der Waals surface area contributed by atoms with Crippen molar-refractivity contribution in [2.75, 3.05) is 0 Å².